The Hall–Kier alpha value is -4.65. The van der Waals surface area contributed by atoms with Gasteiger partial charge in [-0.05, 0) is 61.2 Å². The van der Waals surface area contributed by atoms with Crippen LogP contribution in [0, 0.1) is 13.8 Å². The lowest BCUT2D eigenvalue weighted by Gasteiger charge is -2.11. The minimum Gasteiger partial charge on any atom is -0.317 e. The van der Waals surface area contributed by atoms with E-state index in [2.05, 4.69) is 24.5 Å². The molecule has 0 aliphatic heterocycles. The number of amides is 2. The summed E-state index contributed by atoms with van der Waals surface area (Å²) in [5.41, 5.74) is 4.42. The molecule has 3 aromatic carbocycles. The summed E-state index contributed by atoms with van der Waals surface area (Å²) in [6, 6.07) is 24.1. The van der Waals surface area contributed by atoms with Crippen LogP contribution in [0.3, 0.4) is 0 Å². The average molecular weight is 509 g/mol. The molecular weight excluding hydrogens is 476 g/mol. The van der Waals surface area contributed by atoms with Gasteiger partial charge in [0.25, 0.3) is 17.4 Å². The van der Waals surface area contributed by atoms with Crippen molar-refractivity contribution in [2.45, 2.75) is 33.6 Å². The van der Waals surface area contributed by atoms with E-state index in [1.165, 1.54) is 10.2 Å². The van der Waals surface area contributed by atoms with E-state index in [0.29, 0.717) is 22.9 Å². The van der Waals surface area contributed by atoms with Gasteiger partial charge in [-0.15, -0.1) is 0 Å². The number of nitrogens with one attached hydrogen (secondary N) is 2. The highest BCUT2D eigenvalue weighted by Crippen LogP contribution is 2.18. The van der Waals surface area contributed by atoms with Crippen molar-refractivity contribution in [2.24, 2.45) is 7.05 Å². The van der Waals surface area contributed by atoms with Crippen molar-refractivity contribution in [3.05, 3.63) is 123 Å². The molecule has 0 spiro atoms. The normalized spacial score (nSPS) is 11.5. The van der Waals surface area contributed by atoms with E-state index < -0.39 is 11.8 Å². The van der Waals surface area contributed by atoms with E-state index >= 15 is 0 Å². The SMILES string of the molecule is Cc1ccc(C(=O)N/C(=C\c2ccc(C(C)C)cc2)C(=O)Nc2c(C)n(C)n(-c3ccccc3)c2=O)cc1. The van der Waals surface area contributed by atoms with Crippen LogP contribution in [0.25, 0.3) is 11.8 Å². The first-order chi connectivity index (χ1) is 18.2. The number of nitrogens with zero attached hydrogens (tertiary/aromatic N) is 2. The fourth-order valence-electron chi connectivity index (χ4n) is 4.09. The third-order valence-electron chi connectivity index (χ3n) is 6.51. The van der Waals surface area contributed by atoms with Crippen molar-refractivity contribution in [3.63, 3.8) is 0 Å². The topological polar surface area (TPSA) is 85.1 Å². The summed E-state index contributed by atoms with van der Waals surface area (Å²) in [5, 5.41) is 5.49. The van der Waals surface area contributed by atoms with Crippen LogP contribution in [0.1, 0.15) is 52.5 Å². The third-order valence-corrected chi connectivity index (χ3v) is 6.51. The van der Waals surface area contributed by atoms with Gasteiger partial charge in [-0.3, -0.25) is 19.1 Å². The summed E-state index contributed by atoms with van der Waals surface area (Å²) in [7, 11) is 1.76. The lowest BCUT2D eigenvalue weighted by molar-refractivity contribution is -0.113. The molecule has 0 fully saturated rings. The summed E-state index contributed by atoms with van der Waals surface area (Å²) < 4.78 is 3.18. The Labute approximate surface area is 222 Å². The van der Waals surface area contributed by atoms with E-state index in [4.69, 9.17) is 0 Å². The number of benzene rings is 3. The molecule has 0 radical (unpaired) electrons. The number of carbonyl (C=O) groups is 2. The first kappa shape index (κ1) is 26.4. The number of carbonyl (C=O) groups excluding carboxylic acids is 2. The molecule has 1 heterocycles. The predicted molar refractivity (Wildman–Crippen MR) is 152 cm³/mol. The summed E-state index contributed by atoms with van der Waals surface area (Å²) in [4.78, 5) is 39.9. The molecule has 0 aliphatic carbocycles. The molecular formula is C31H32N4O3. The molecule has 2 amide bonds. The maximum absolute atomic E-state index is 13.5. The Morgan fingerprint density at radius 3 is 2.11 bits per heavy atom. The Morgan fingerprint density at radius 2 is 1.50 bits per heavy atom. The summed E-state index contributed by atoms with van der Waals surface area (Å²) in [5.74, 6) is -0.647. The van der Waals surface area contributed by atoms with Crippen LogP contribution in [0.15, 0.2) is 89.4 Å². The molecule has 1 aromatic heterocycles. The van der Waals surface area contributed by atoms with Gasteiger partial charge in [-0.1, -0.05) is 74.0 Å². The molecule has 0 unspecified atom stereocenters. The Bertz CT molecular complexity index is 1540. The molecule has 0 aliphatic rings. The average Bonchev–Trinajstić information content (AvgIpc) is 3.12. The molecule has 0 bridgehead atoms. The van der Waals surface area contributed by atoms with Crippen LogP contribution in [0.4, 0.5) is 5.69 Å². The maximum atomic E-state index is 13.5. The quantitative estimate of drug-likeness (QED) is 0.331. The Balaban J connectivity index is 1.69. The van der Waals surface area contributed by atoms with Crippen LogP contribution < -0.4 is 16.2 Å². The molecule has 38 heavy (non-hydrogen) atoms. The lowest BCUT2D eigenvalue weighted by Crippen LogP contribution is -2.32. The van der Waals surface area contributed by atoms with E-state index in [9.17, 15) is 14.4 Å². The number of aromatic nitrogens is 2. The van der Waals surface area contributed by atoms with Gasteiger partial charge in [0.1, 0.15) is 11.4 Å². The van der Waals surface area contributed by atoms with Gasteiger partial charge in [0.2, 0.25) is 0 Å². The number of rotatable bonds is 7. The van der Waals surface area contributed by atoms with Gasteiger partial charge in [0.15, 0.2) is 0 Å². The second-order valence-corrected chi connectivity index (χ2v) is 9.59. The lowest BCUT2D eigenvalue weighted by atomic mass is 10.0. The number of para-hydroxylation sites is 1. The van der Waals surface area contributed by atoms with E-state index in [0.717, 1.165) is 11.1 Å². The van der Waals surface area contributed by atoms with Crippen LogP contribution in [-0.2, 0) is 11.8 Å². The monoisotopic (exact) mass is 508 g/mol. The maximum Gasteiger partial charge on any atom is 0.295 e. The van der Waals surface area contributed by atoms with Crippen LogP contribution in [-0.4, -0.2) is 21.2 Å². The molecule has 0 atom stereocenters. The standard InChI is InChI=1S/C31H32N4O3/c1-20(2)24-17-13-23(14-18-24)19-27(32-29(36)25-15-11-21(3)12-16-25)30(37)33-28-22(4)34(5)35(31(28)38)26-9-7-6-8-10-26/h6-20H,1-5H3,(H,32,36)(H,33,37)/b27-19-. The van der Waals surface area contributed by atoms with Gasteiger partial charge < -0.3 is 10.6 Å². The van der Waals surface area contributed by atoms with Gasteiger partial charge in [-0.2, -0.15) is 0 Å². The molecule has 2 N–H and O–H groups in total. The minimum absolute atomic E-state index is 0.0294. The van der Waals surface area contributed by atoms with Crippen LogP contribution >= 0.6 is 0 Å². The molecule has 7 nitrogen and oxygen atoms in total. The molecule has 4 aromatic rings. The summed E-state index contributed by atoms with van der Waals surface area (Å²) in [6.45, 7) is 7.91. The van der Waals surface area contributed by atoms with Crippen molar-refractivity contribution in [2.75, 3.05) is 5.32 Å². The van der Waals surface area contributed by atoms with Crippen molar-refractivity contribution in [3.8, 4) is 5.69 Å². The zero-order chi connectivity index (χ0) is 27.4. The van der Waals surface area contributed by atoms with Gasteiger partial charge in [0, 0.05) is 12.6 Å². The molecule has 7 heteroatoms. The van der Waals surface area contributed by atoms with Crippen LogP contribution in [0.5, 0.6) is 0 Å². The van der Waals surface area contributed by atoms with Crippen molar-refractivity contribution >= 4 is 23.6 Å². The highest BCUT2D eigenvalue weighted by molar-refractivity contribution is 6.10. The second-order valence-electron chi connectivity index (χ2n) is 9.59. The fourth-order valence-corrected chi connectivity index (χ4v) is 4.09. The van der Waals surface area contributed by atoms with E-state index in [1.807, 2.05) is 73.7 Å². The number of aryl methyl sites for hydroxylation is 1. The number of anilines is 1. The van der Waals surface area contributed by atoms with Gasteiger partial charge in [-0.25, -0.2) is 4.68 Å². The zero-order valence-corrected chi connectivity index (χ0v) is 22.3. The molecule has 4 rings (SSSR count). The van der Waals surface area contributed by atoms with Gasteiger partial charge >= 0.3 is 0 Å². The first-order valence-corrected chi connectivity index (χ1v) is 12.5. The van der Waals surface area contributed by atoms with Crippen LogP contribution in [0.2, 0.25) is 0 Å². The van der Waals surface area contributed by atoms with Crippen molar-refractivity contribution in [1.29, 1.82) is 0 Å². The van der Waals surface area contributed by atoms with Gasteiger partial charge in [0.05, 0.1) is 11.4 Å². The molecule has 0 saturated heterocycles. The summed E-state index contributed by atoms with van der Waals surface area (Å²) in [6.07, 6.45) is 1.61. The smallest absolute Gasteiger partial charge is 0.295 e. The number of hydrogen-bond acceptors (Lipinski definition) is 3. The highest BCUT2D eigenvalue weighted by Gasteiger charge is 2.21. The second kappa shape index (κ2) is 11.2. The fraction of sp³-hybridized carbons (Fsp3) is 0.194. The Kier molecular flexibility index (Phi) is 7.76. The summed E-state index contributed by atoms with van der Waals surface area (Å²) >= 11 is 0. The molecule has 194 valence electrons. The largest absolute Gasteiger partial charge is 0.317 e. The number of hydrogen-bond donors (Lipinski definition) is 2. The van der Waals surface area contributed by atoms with Crippen molar-refractivity contribution < 1.29 is 9.59 Å². The highest BCUT2D eigenvalue weighted by atomic mass is 16.2. The zero-order valence-electron chi connectivity index (χ0n) is 22.3. The minimum atomic E-state index is -0.593. The molecule has 0 saturated carbocycles. The third kappa shape index (κ3) is 5.67. The van der Waals surface area contributed by atoms with E-state index in [1.54, 1.807) is 36.9 Å². The van der Waals surface area contributed by atoms with E-state index in [-0.39, 0.29) is 16.9 Å². The predicted octanol–water partition coefficient (Wildman–Crippen LogP) is 5.33. The first-order valence-electron chi connectivity index (χ1n) is 12.5. The Morgan fingerprint density at radius 1 is 0.868 bits per heavy atom. The van der Waals surface area contributed by atoms with Crippen molar-refractivity contribution in [1.82, 2.24) is 14.7 Å².